The number of amides is 1. The molecular weight excluding hydrogens is 194 g/mol. The molecule has 0 aromatic carbocycles. The summed E-state index contributed by atoms with van der Waals surface area (Å²) in [4.78, 5) is 17.8. The molecule has 0 spiro atoms. The standard InChI is InChI=1S/C10H15N3O2/c1-7-8(2)15-9(12-7)10(14)13-5-3-11-4-6-13/h11H,3-6H2,1-2H3. The molecular formula is C10H15N3O2. The molecule has 1 aromatic rings. The van der Waals surface area contributed by atoms with E-state index in [4.69, 9.17) is 4.42 Å². The van der Waals surface area contributed by atoms with E-state index in [1.165, 1.54) is 0 Å². The first-order valence-electron chi connectivity index (χ1n) is 5.12. The van der Waals surface area contributed by atoms with Crippen molar-refractivity contribution in [2.45, 2.75) is 13.8 Å². The molecule has 0 aliphatic carbocycles. The van der Waals surface area contributed by atoms with Gasteiger partial charge in [0.05, 0.1) is 5.69 Å². The van der Waals surface area contributed by atoms with Crippen LogP contribution in [0.25, 0.3) is 0 Å². The second kappa shape index (κ2) is 4.02. The number of piperazine rings is 1. The van der Waals surface area contributed by atoms with Gasteiger partial charge in [0.25, 0.3) is 5.89 Å². The first-order valence-corrected chi connectivity index (χ1v) is 5.12. The van der Waals surface area contributed by atoms with E-state index in [1.807, 2.05) is 13.8 Å². The Hall–Kier alpha value is -1.36. The van der Waals surface area contributed by atoms with Gasteiger partial charge in [-0.15, -0.1) is 0 Å². The predicted molar refractivity (Wildman–Crippen MR) is 54.8 cm³/mol. The van der Waals surface area contributed by atoms with Crippen LogP contribution in [0, 0.1) is 13.8 Å². The van der Waals surface area contributed by atoms with Crippen molar-refractivity contribution < 1.29 is 9.21 Å². The molecule has 5 heteroatoms. The Balaban J connectivity index is 2.12. The van der Waals surface area contributed by atoms with Crippen LogP contribution in [-0.2, 0) is 0 Å². The van der Waals surface area contributed by atoms with E-state index < -0.39 is 0 Å². The predicted octanol–water partition coefficient (Wildman–Crippen LogP) is 0.337. The molecule has 2 rings (SSSR count). The highest BCUT2D eigenvalue weighted by Gasteiger charge is 2.22. The van der Waals surface area contributed by atoms with Gasteiger partial charge in [0, 0.05) is 26.2 Å². The summed E-state index contributed by atoms with van der Waals surface area (Å²) in [5, 5.41) is 3.19. The third-order valence-corrected chi connectivity index (χ3v) is 2.62. The lowest BCUT2D eigenvalue weighted by Crippen LogP contribution is -2.46. The quantitative estimate of drug-likeness (QED) is 0.724. The Kier molecular flexibility index (Phi) is 2.73. The van der Waals surface area contributed by atoms with E-state index >= 15 is 0 Å². The highest BCUT2D eigenvalue weighted by molar-refractivity contribution is 5.89. The maximum Gasteiger partial charge on any atom is 0.309 e. The van der Waals surface area contributed by atoms with E-state index in [0.717, 1.165) is 31.9 Å². The molecule has 2 heterocycles. The highest BCUT2D eigenvalue weighted by Crippen LogP contribution is 2.10. The number of aromatic nitrogens is 1. The van der Waals surface area contributed by atoms with Crippen molar-refractivity contribution in [3.63, 3.8) is 0 Å². The molecule has 1 aliphatic heterocycles. The molecule has 1 aromatic heterocycles. The average molecular weight is 209 g/mol. The molecule has 1 aliphatic rings. The molecule has 82 valence electrons. The number of aryl methyl sites for hydroxylation is 2. The van der Waals surface area contributed by atoms with Crippen LogP contribution in [-0.4, -0.2) is 42.0 Å². The molecule has 0 unspecified atom stereocenters. The number of nitrogens with zero attached hydrogens (tertiary/aromatic N) is 2. The minimum atomic E-state index is -0.104. The summed E-state index contributed by atoms with van der Waals surface area (Å²) in [5.74, 6) is 0.827. The molecule has 1 saturated heterocycles. The fourth-order valence-corrected chi connectivity index (χ4v) is 1.57. The number of hydrogen-bond donors (Lipinski definition) is 1. The van der Waals surface area contributed by atoms with Gasteiger partial charge in [0.2, 0.25) is 0 Å². The van der Waals surface area contributed by atoms with E-state index in [-0.39, 0.29) is 11.8 Å². The van der Waals surface area contributed by atoms with Gasteiger partial charge in [-0.1, -0.05) is 0 Å². The molecule has 1 fully saturated rings. The molecule has 15 heavy (non-hydrogen) atoms. The number of rotatable bonds is 1. The van der Waals surface area contributed by atoms with Crippen molar-refractivity contribution in [3.05, 3.63) is 17.3 Å². The summed E-state index contributed by atoms with van der Waals surface area (Å²) in [6.45, 7) is 6.78. The molecule has 0 bridgehead atoms. The first kappa shape index (κ1) is 10.2. The van der Waals surface area contributed by atoms with Crippen LogP contribution >= 0.6 is 0 Å². The van der Waals surface area contributed by atoms with E-state index in [9.17, 15) is 4.79 Å². The Morgan fingerprint density at radius 3 is 2.60 bits per heavy atom. The van der Waals surface area contributed by atoms with Crippen LogP contribution in [0.15, 0.2) is 4.42 Å². The van der Waals surface area contributed by atoms with E-state index in [0.29, 0.717) is 5.76 Å². The van der Waals surface area contributed by atoms with Gasteiger partial charge in [-0.3, -0.25) is 4.79 Å². The van der Waals surface area contributed by atoms with Crippen LogP contribution in [0.2, 0.25) is 0 Å². The number of carbonyl (C=O) groups is 1. The first-order chi connectivity index (χ1) is 7.18. The lowest BCUT2D eigenvalue weighted by molar-refractivity contribution is 0.0694. The minimum Gasteiger partial charge on any atom is -0.438 e. The van der Waals surface area contributed by atoms with Crippen LogP contribution in [0.5, 0.6) is 0 Å². The topological polar surface area (TPSA) is 58.4 Å². The smallest absolute Gasteiger partial charge is 0.309 e. The maximum atomic E-state index is 11.9. The van der Waals surface area contributed by atoms with Gasteiger partial charge in [-0.05, 0) is 13.8 Å². The monoisotopic (exact) mass is 209 g/mol. The van der Waals surface area contributed by atoms with Crippen LogP contribution in [0.1, 0.15) is 22.1 Å². The number of hydrogen-bond acceptors (Lipinski definition) is 4. The fraction of sp³-hybridized carbons (Fsp3) is 0.600. The zero-order valence-electron chi connectivity index (χ0n) is 9.04. The van der Waals surface area contributed by atoms with Gasteiger partial charge in [0.15, 0.2) is 0 Å². The van der Waals surface area contributed by atoms with E-state index in [1.54, 1.807) is 4.90 Å². The largest absolute Gasteiger partial charge is 0.438 e. The van der Waals surface area contributed by atoms with Crippen molar-refractivity contribution in [2.24, 2.45) is 0 Å². The van der Waals surface area contributed by atoms with E-state index in [2.05, 4.69) is 10.3 Å². The van der Waals surface area contributed by atoms with Gasteiger partial charge < -0.3 is 14.6 Å². The average Bonchev–Trinajstić information content (AvgIpc) is 2.59. The molecule has 0 radical (unpaired) electrons. The summed E-state index contributed by atoms with van der Waals surface area (Å²) in [6, 6.07) is 0. The molecule has 1 amide bonds. The third kappa shape index (κ3) is 2.02. The second-order valence-electron chi connectivity index (χ2n) is 3.70. The number of oxazole rings is 1. The van der Waals surface area contributed by atoms with Crippen LogP contribution in [0.4, 0.5) is 0 Å². The molecule has 1 N–H and O–H groups in total. The van der Waals surface area contributed by atoms with Gasteiger partial charge >= 0.3 is 5.91 Å². The minimum absolute atomic E-state index is 0.104. The molecule has 0 atom stereocenters. The fourth-order valence-electron chi connectivity index (χ4n) is 1.57. The Morgan fingerprint density at radius 1 is 1.40 bits per heavy atom. The van der Waals surface area contributed by atoms with Gasteiger partial charge in [0.1, 0.15) is 5.76 Å². The molecule has 0 saturated carbocycles. The van der Waals surface area contributed by atoms with Crippen molar-refractivity contribution in [1.29, 1.82) is 0 Å². The second-order valence-corrected chi connectivity index (χ2v) is 3.70. The normalized spacial score (nSPS) is 16.8. The van der Waals surface area contributed by atoms with Crippen LogP contribution in [0.3, 0.4) is 0 Å². The number of nitrogens with one attached hydrogen (secondary N) is 1. The number of carbonyl (C=O) groups excluding carboxylic acids is 1. The highest BCUT2D eigenvalue weighted by atomic mass is 16.4. The van der Waals surface area contributed by atoms with Crippen molar-refractivity contribution >= 4 is 5.91 Å². The van der Waals surface area contributed by atoms with Gasteiger partial charge in [-0.25, -0.2) is 4.98 Å². The molecule has 5 nitrogen and oxygen atoms in total. The van der Waals surface area contributed by atoms with Gasteiger partial charge in [-0.2, -0.15) is 0 Å². The van der Waals surface area contributed by atoms with Crippen molar-refractivity contribution in [3.8, 4) is 0 Å². The summed E-state index contributed by atoms with van der Waals surface area (Å²) in [5.41, 5.74) is 0.786. The lowest BCUT2D eigenvalue weighted by atomic mass is 10.3. The Morgan fingerprint density at radius 2 is 2.07 bits per heavy atom. The zero-order chi connectivity index (χ0) is 10.8. The summed E-state index contributed by atoms with van der Waals surface area (Å²) < 4.78 is 5.31. The Labute approximate surface area is 88.5 Å². The summed E-state index contributed by atoms with van der Waals surface area (Å²) in [6.07, 6.45) is 0. The summed E-state index contributed by atoms with van der Waals surface area (Å²) >= 11 is 0. The Bertz CT molecular complexity index is 347. The lowest BCUT2D eigenvalue weighted by Gasteiger charge is -2.25. The van der Waals surface area contributed by atoms with Crippen molar-refractivity contribution in [1.82, 2.24) is 15.2 Å². The zero-order valence-corrected chi connectivity index (χ0v) is 9.04. The van der Waals surface area contributed by atoms with Crippen molar-refractivity contribution in [2.75, 3.05) is 26.2 Å². The van der Waals surface area contributed by atoms with Crippen LogP contribution < -0.4 is 5.32 Å². The third-order valence-electron chi connectivity index (χ3n) is 2.62. The maximum absolute atomic E-state index is 11.9. The SMILES string of the molecule is Cc1nc(C(=O)N2CCNCC2)oc1C. The summed E-state index contributed by atoms with van der Waals surface area (Å²) in [7, 11) is 0.